The van der Waals surface area contributed by atoms with Crippen LogP contribution in [0.2, 0.25) is 0 Å². The van der Waals surface area contributed by atoms with E-state index in [-0.39, 0.29) is 12.0 Å². The van der Waals surface area contributed by atoms with Crippen LogP contribution in [0.25, 0.3) is 0 Å². The molecular formula is C14H18N6O. The maximum absolute atomic E-state index is 11.8. The van der Waals surface area contributed by atoms with E-state index in [9.17, 15) is 4.79 Å². The number of aromatic nitrogens is 3. The topological polar surface area (TPSA) is 91.8 Å². The molecule has 0 fully saturated rings. The molecular weight excluding hydrogens is 268 g/mol. The molecule has 2 rings (SSSR count). The average Bonchev–Trinajstić information content (AvgIpc) is 2.49. The molecule has 7 heteroatoms. The average molecular weight is 286 g/mol. The van der Waals surface area contributed by atoms with Gasteiger partial charge in [-0.25, -0.2) is 9.78 Å². The second-order valence-electron chi connectivity index (χ2n) is 4.45. The van der Waals surface area contributed by atoms with Crippen LogP contribution in [0, 0.1) is 0 Å². The number of rotatable bonds is 5. The van der Waals surface area contributed by atoms with Crippen molar-refractivity contribution in [2.45, 2.75) is 19.9 Å². The molecule has 21 heavy (non-hydrogen) atoms. The van der Waals surface area contributed by atoms with Crippen molar-refractivity contribution < 1.29 is 4.79 Å². The van der Waals surface area contributed by atoms with E-state index in [0.29, 0.717) is 5.69 Å². The molecule has 3 N–H and O–H groups in total. The van der Waals surface area contributed by atoms with Gasteiger partial charge in [-0.2, -0.15) is 5.10 Å². The highest BCUT2D eigenvalue weighted by atomic mass is 16.2. The summed E-state index contributed by atoms with van der Waals surface area (Å²) in [5, 5.41) is 15.9. The molecule has 7 nitrogen and oxygen atoms in total. The van der Waals surface area contributed by atoms with E-state index in [4.69, 9.17) is 0 Å². The Labute approximate surface area is 123 Å². The van der Waals surface area contributed by atoms with Crippen LogP contribution in [0.1, 0.15) is 25.5 Å². The lowest BCUT2D eigenvalue weighted by Crippen LogP contribution is -2.21. The molecule has 2 amide bonds. The Bertz CT molecular complexity index is 572. The molecule has 0 saturated carbocycles. The van der Waals surface area contributed by atoms with Crippen LogP contribution >= 0.6 is 0 Å². The van der Waals surface area contributed by atoms with Crippen molar-refractivity contribution in [2.75, 3.05) is 17.2 Å². The van der Waals surface area contributed by atoms with Gasteiger partial charge < -0.3 is 10.6 Å². The van der Waals surface area contributed by atoms with Crippen molar-refractivity contribution in [3.05, 3.63) is 42.2 Å². The largest absolute Gasteiger partial charge is 0.326 e. The van der Waals surface area contributed by atoms with E-state index < -0.39 is 6.03 Å². The van der Waals surface area contributed by atoms with Crippen LogP contribution in [0.15, 0.2) is 36.7 Å². The molecule has 1 aromatic carbocycles. The monoisotopic (exact) mass is 286 g/mol. The molecule has 2 aromatic rings. The maximum atomic E-state index is 11.8. The van der Waals surface area contributed by atoms with Gasteiger partial charge in [0.15, 0.2) is 0 Å². The third-order valence-electron chi connectivity index (χ3n) is 2.89. The van der Waals surface area contributed by atoms with Crippen molar-refractivity contribution in [1.29, 1.82) is 0 Å². The van der Waals surface area contributed by atoms with E-state index in [2.05, 4.69) is 45.0 Å². The Morgan fingerprint density at radius 3 is 2.57 bits per heavy atom. The zero-order chi connectivity index (χ0) is 15.1. The van der Waals surface area contributed by atoms with Gasteiger partial charge >= 0.3 is 6.03 Å². The van der Waals surface area contributed by atoms with Crippen molar-refractivity contribution in [3.8, 4) is 0 Å². The molecule has 1 heterocycles. The summed E-state index contributed by atoms with van der Waals surface area (Å²) in [6.45, 7) is 5.07. The lowest BCUT2D eigenvalue weighted by atomic mass is 10.1. The van der Waals surface area contributed by atoms with Gasteiger partial charge in [0.1, 0.15) is 0 Å². The zero-order valence-electron chi connectivity index (χ0n) is 12.0. The van der Waals surface area contributed by atoms with Crippen molar-refractivity contribution in [2.24, 2.45) is 0 Å². The lowest BCUT2D eigenvalue weighted by Gasteiger charge is -2.13. The summed E-state index contributed by atoms with van der Waals surface area (Å²) >= 11 is 0. The van der Waals surface area contributed by atoms with Crippen LogP contribution in [0.3, 0.4) is 0 Å². The predicted octanol–water partition coefficient (Wildman–Crippen LogP) is 2.19. The van der Waals surface area contributed by atoms with Gasteiger partial charge in [0.25, 0.3) is 5.95 Å². The first kappa shape index (κ1) is 14.9. The molecule has 0 aliphatic heterocycles. The van der Waals surface area contributed by atoms with E-state index in [1.807, 2.05) is 24.3 Å². The van der Waals surface area contributed by atoms with Crippen molar-refractivity contribution in [3.63, 3.8) is 0 Å². The van der Waals surface area contributed by atoms with Crippen LogP contribution in [-0.4, -0.2) is 27.8 Å². The highest BCUT2D eigenvalue weighted by molar-refractivity contribution is 5.98. The van der Waals surface area contributed by atoms with Crippen LogP contribution < -0.4 is 16.0 Å². The summed E-state index contributed by atoms with van der Waals surface area (Å²) in [6, 6.07) is 7.53. The second-order valence-corrected chi connectivity index (χ2v) is 4.45. The standard InChI is InChI=1S/C14H18N6O/c1-3-15-10(2)11-4-6-12(7-5-11)18-14(21)19-13-16-8-9-17-20-13/h4-10,15H,3H2,1-2H3,(H2,16,18,19,20,21). The number of hydrogen-bond acceptors (Lipinski definition) is 5. The SMILES string of the molecule is CCNC(C)c1ccc(NC(=O)Nc2nccnn2)cc1. The third kappa shape index (κ3) is 4.50. The van der Waals surface area contributed by atoms with Gasteiger partial charge in [-0.1, -0.05) is 19.1 Å². The first-order valence-corrected chi connectivity index (χ1v) is 6.74. The van der Waals surface area contributed by atoms with Crippen LogP contribution in [-0.2, 0) is 0 Å². The molecule has 1 aromatic heterocycles. The fourth-order valence-corrected chi connectivity index (χ4v) is 1.85. The first-order chi connectivity index (χ1) is 10.2. The fraction of sp³-hybridized carbons (Fsp3) is 0.286. The lowest BCUT2D eigenvalue weighted by molar-refractivity contribution is 0.262. The maximum Gasteiger partial charge on any atom is 0.326 e. The van der Waals surface area contributed by atoms with Crippen LogP contribution in [0.5, 0.6) is 0 Å². The summed E-state index contributed by atoms with van der Waals surface area (Å²) in [7, 11) is 0. The number of nitrogens with zero attached hydrogens (tertiary/aromatic N) is 3. The van der Waals surface area contributed by atoms with E-state index in [0.717, 1.165) is 6.54 Å². The summed E-state index contributed by atoms with van der Waals surface area (Å²) in [4.78, 5) is 15.6. The Morgan fingerprint density at radius 2 is 1.95 bits per heavy atom. The minimum Gasteiger partial charge on any atom is -0.310 e. The van der Waals surface area contributed by atoms with Crippen molar-refractivity contribution in [1.82, 2.24) is 20.5 Å². The normalized spacial score (nSPS) is 11.7. The van der Waals surface area contributed by atoms with Gasteiger partial charge in [0.05, 0.1) is 12.4 Å². The summed E-state index contributed by atoms with van der Waals surface area (Å²) in [5.41, 5.74) is 1.86. The van der Waals surface area contributed by atoms with Crippen LogP contribution in [0.4, 0.5) is 16.4 Å². The van der Waals surface area contributed by atoms with Crippen molar-refractivity contribution >= 4 is 17.7 Å². The Morgan fingerprint density at radius 1 is 1.19 bits per heavy atom. The zero-order valence-corrected chi connectivity index (χ0v) is 12.0. The number of nitrogens with one attached hydrogen (secondary N) is 3. The smallest absolute Gasteiger partial charge is 0.310 e. The number of anilines is 2. The second kappa shape index (κ2) is 7.30. The van der Waals surface area contributed by atoms with E-state index in [1.165, 1.54) is 18.0 Å². The molecule has 0 aliphatic rings. The summed E-state index contributed by atoms with van der Waals surface area (Å²) in [6.07, 6.45) is 2.90. The molecule has 0 bridgehead atoms. The number of benzene rings is 1. The van der Waals surface area contributed by atoms with Gasteiger partial charge in [0, 0.05) is 11.7 Å². The minimum atomic E-state index is -0.407. The number of carbonyl (C=O) groups is 1. The molecule has 0 saturated heterocycles. The van der Waals surface area contributed by atoms with E-state index in [1.54, 1.807) is 0 Å². The quantitative estimate of drug-likeness (QED) is 0.783. The Kier molecular flexibility index (Phi) is 5.16. The Hall–Kier alpha value is -2.54. The summed E-state index contributed by atoms with van der Waals surface area (Å²) in [5.74, 6) is 0.160. The Balaban J connectivity index is 1.92. The molecule has 0 radical (unpaired) electrons. The van der Waals surface area contributed by atoms with Gasteiger partial charge in [0.2, 0.25) is 0 Å². The predicted molar refractivity (Wildman–Crippen MR) is 81.0 cm³/mol. The fourth-order valence-electron chi connectivity index (χ4n) is 1.85. The number of hydrogen-bond donors (Lipinski definition) is 3. The molecule has 0 spiro atoms. The molecule has 1 atom stereocenters. The first-order valence-electron chi connectivity index (χ1n) is 6.74. The highest BCUT2D eigenvalue weighted by Gasteiger charge is 2.06. The van der Waals surface area contributed by atoms with Gasteiger partial charge in [-0.05, 0) is 31.2 Å². The van der Waals surface area contributed by atoms with E-state index >= 15 is 0 Å². The van der Waals surface area contributed by atoms with Gasteiger partial charge in [-0.15, -0.1) is 5.10 Å². The molecule has 1 unspecified atom stereocenters. The molecule has 0 aliphatic carbocycles. The number of amides is 2. The minimum absolute atomic E-state index is 0.160. The number of urea groups is 1. The number of carbonyl (C=O) groups excluding carboxylic acids is 1. The highest BCUT2D eigenvalue weighted by Crippen LogP contribution is 2.16. The third-order valence-corrected chi connectivity index (χ3v) is 2.89. The van der Waals surface area contributed by atoms with Gasteiger partial charge in [-0.3, -0.25) is 5.32 Å². The summed E-state index contributed by atoms with van der Waals surface area (Å²) < 4.78 is 0. The molecule has 110 valence electrons.